The van der Waals surface area contributed by atoms with Gasteiger partial charge >= 0.3 is 0 Å². The van der Waals surface area contributed by atoms with Gasteiger partial charge in [-0.25, -0.2) is 9.37 Å². The largest absolute Gasteiger partial charge is 0.494 e. The van der Waals surface area contributed by atoms with Crippen molar-refractivity contribution in [2.75, 3.05) is 27.4 Å². The van der Waals surface area contributed by atoms with E-state index in [1.165, 1.54) is 20.3 Å². The molecule has 2 aromatic carbocycles. The lowest BCUT2D eigenvalue weighted by Crippen LogP contribution is -2.39. The number of ether oxygens (including phenoxy) is 3. The van der Waals surface area contributed by atoms with Crippen molar-refractivity contribution in [1.29, 1.82) is 0 Å². The maximum atomic E-state index is 14.2. The van der Waals surface area contributed by atoms with E-state index in [2.05, 4.69) is 15.3 Å². The molecule has 0 saturated heterocycles. The average molecular weight is 494 g/mol. The van der Waals surface area contributed by atoms with E-state index in [9.17, 15) is 14.3 Å². The fourth-order valence-electron chi connectivity index (χ4n) is 3.95. The zero-order valence-electron chi connectivity index (χ0n) is 20.5. The van der Waals surface area contributed by atoms with E-state index < -0.39 is 11.5 Å². The van der Waals surface area contributed by atoms with Gasteiger partial charge in [-0.05, 0) is 50.2 Å². The number of rotatable bonds is 9. The summed E-state index contributed by atoms with van der Waals surface area (Å²) in [5.74, 6) is 0.667. The van der Waals surface area contributed by atoms with E-state index in [4.69, 9.17) is 14.2 Å². The van der Waals surface area contributed by atoms with Gasteiger partial charge in [0, 0.05) is 22.7 Å². The number of benzene rings is 2. The van der Waals surface area contributed by atoms with Crippen LogP contribution in [0, 0.1) is 5.82 Å². The number of aromatic nitrogens is 2. The Balaban J connectivity index is 1.59. The number of para-hydroxylation sites is 1. The van der Waals surface area contributed by atoms with E-state index in [1.807, 2.05) is 6.92 Å². The first kappa shape index (κ1) is 25.0. The summed E-state index contributed by atoms with van der Waals surface area (Å²) in [7, 11) is 3.01. The van der Waals surface area contributed by atoms with E-state index in [0.29, 0.717) is 57.3 Å². The molecule has 1 atom stereocenters. The number of hydrogen-bond donors (Lipinski definition) is 3. The van der Waals surface area contributed by atoms with Crippen molar-refractivity contribution in [3.05, 3.63) is 71.8 Å². The molecule has 0 saturated carbocycles. The van der Waals surface area contributed by atoms with E-state index in [1.54, 1.807) is 55.6 Å². The Morgan fingerprint density at radius 3 is 2.58 bits per heavy atom. The van der Waals surface area contributed by atoms with Gasteiger partial charge in [-0.3, -0.25) is 4.79 Å². The highest BCUT2D eigenvalue weighted by Gasteiger charge is 2.28. The molecule has 0 spiro atoms. The molecule has 0 aliphatic heterocycles. The van der Waals surface area contributed by atoms with Gasteiger partial charge in [0.15, 0.2) is 11.5 Å². The molecule has 0 aliphatic carbocycles. The predicted molar refractivity (Wildman–Crippen MR) is 134 cm³/mol. The number of nitrogens with one attached hydrogen (secondary N) is 2. The number of halogens is 1. The third kappa shape index (κ3) is 4.83. The minimum Gasteiger partial charge on any atom is -0.494 e. The summed E-state index contributed by atoms with van der Waals surface area (Å²) < 4.78 is 30.5. The van der Waals surface area contributed by atoms with Gasteiger partial charge < -0.3 is 29.6 Å². The topological polar surface area (TPSA) is 106 Å². The molecular formula is C27H28FN3O5. The van der Waals surface area contributed by atoms with Crippen LogP contribution in [0.25, 0.3) is 22.2 Å². The first-order chi connectivity index (χ1) is 17.3. The third-order valence-corrected chi connectivity index (χ3v) is 5.87. The highest BCUT2D eigenvalue weighted by Crippen LogP contribution is 2.36. The molecule has 1 amide bonds. The Hall–Kier alpha value is -4.11. The molecule has 1 unspecified atom stereocenters. The van der Waals surface area contributed by atoms with Crippen LogP contribution in [0.3, 0.4) is 0 Å². The Kier molecular flexibility index (Phi) is 7.12. The third-order valence-electron chi connectivity index (χ3n) is 5.87. The molecule has 9 heteroatoms. The van der Waals surface area contributed by atoms with Gasteiger partial charge in [-0.2, -0.15) is 0 Å². The van der Waals surface area contributed by atoms with Crippen molar-refractivity contribution < 1.29 is 28.5 Å². The number of fused-ring (bicyclic) bond motifs is 1. The minimum atomic E-state index is -1.51. The second kappa shape index (κ2) is 10.2. The van der Waals surface area contributed by atoms with Crippen molar-refractivity contribution in [1.82, 2.24) is 15.3 Å². The van der Waals surface area contributed by atoms with E-state index in [0.717, 1.165) is 0 Å². The minimum absolute atomic E-state index is 0.108. The summed E-state index contributed by atoms with van der Waals surface area (Å²) in [6.07, 6.45) is 1.65. The molecular weight excluding hydrogens is 465 g/mol. The number of pyridine rings is 1. The summed E-state index contributed by atoms with van der Waals surface area (Å²) >= 11 is 0. The van der Waals surface area contributed by atoms with Crippen LogP contribution < -0.4 is 19.5 Å². The number of nitrogens with zero attached hydrogens (tertiary/aromatic N) is 1. The zero-order valence-corrected chi connectivity index (χ0v) is 20.5. The van der Waals surface area contributed by atoms with Gasteiger partial charge in [0.1, 0.15) is 22.9 Å². The van der Waals surface area contributed by atoms with Crippen LogP contribution >= 0.6 is 0 Å². The average Bonchev–Trinajstić information content (AvgIpc) is 3.32. The fourth-order valence-corrected chi connectivity index (χ4v) is 3.95. The summed E-state index contributed by atoms with van der Waals surface area (Å²) in [6.45, 7) is 3.77. The van der Waals surface area contributed by atoms with Crippen LogP contribution in [-0.2, 0) is 5.60 Å². The fraction of sp³-hybridized carbons (Fsp3) is 0.259. The summed E-state index contributed by atoms with van der Waals surface area (Å²) in [5.41, 5.74) is 0.582. The number of carbonyl (C=O) groups excluding carboxylic acids is 1. The van der Waals surface area contributed by atoms with Crippen LogP contribution in [0.2, 0.25) is 0 Å². The quantitative estimate of drug-likeness (QED) is 0.319. The van der Waals surface area contributed by atoms with Gasteiger partial charge in [0.25, 0.3) is 5.91 Å². The molecule has 3 N–H and O–H groups in total. The second-order valence-corrected chi connectivity index (χ2v) is 8.37. The van der Waals surface area contributed by atoms with Gasteiger partial charge in [0.2, 0.25) is 0 Å². The number of aliphatic hydroxyl groups is 1. The molecule has 2 aromatic heterocycles. The Bertz CT molecular complexity index is 1400. The highest BCUT2D eigenvalue weighted by molar-refractivity contribution is 5.96. The van der Waals surface area contributed by atoms with Crippen LogP contribution in [0.5, 0.6) is 17.2 Å². The number of hydrogen-bond acceptors (Lipinski definition) is 6. The lowest BCUT2D eigenvalue weighted by atomic mass is 9.99. The highest BCUT2D eigenvalue weighted by atomic mass is 19.1. The lowest BCUT2D eigenvalue weighted by molar-refractivity contribution is 0.0489. The Morgan fingerprint density at radius 1 is 1.11 bits per heavy atom. The van der Waals surface area contributed by atoms with Crippen molar-refractivity contribution in [2.45, 2.75) is 19.4 Å². The SMILES string of the molecule is CCOc1ccc(C(=O)NCC(C)(O)c2ccc(OC)c(-c3c[nH]c4c(F)cccc34)n2)cc1OC. The molecule has 0 fully saturated rings. The monoisotopic (exact) mass is 493 g/mol. The zero-order chi connectivity index (χ0) is 25.9. The molecule has 0 aliphatic rings. The van der Waals surface area contributed by atoms with E-state index in [-0.39, 0.29) is 12.4 Å². The number of carbonyl (C=O) groups is 1. The van der Waals surface area contributed by atoms with Gasteiger partial charge in [0.05, 0.1) is 38.6 Å². The molecule has 0 radical (unpaired) electrons. The summed E-state index contributed by atoms with van der Waals surface area (Å²) in [5, 5.41) is 14.6. The van der Waals surface area contributed by atoms with Crippen molar-refractivity contribution in [3.8, 4) is 28.5 Å². The normalized spacial score (nSPS) is 12.7. The van der Waals surface area contributed by atoms with Gasteiger partial charge in [-0.1, -0.05) is 12.1 Å². The number of amides is 1. The molecule has 0 bridgehead atoms. The number of aromatic amines is 1. The Morgan fingerprint density at radius 2 is 1.86 bits per heavy atom. The number of methoxy groups -OCH3 is 2. The van der Waals surface area contributed by atoms with Crippen LogP contribution in [0.1, 0.15) is 29.9 Å². The van der Waals surface area contributed by atoms with Gasteiger partial charge in [-0.15, -0.1) is 0 Å². The summed E-state index contributed by atoms with van der Waals surface area (Å²) in [4.78, 5) is 20.4. The maximum Gasteiger partial charge on any atom is 0.251 e. The van der Waals surface area contributed by atoms with Crippen LogP contribution in [-0.4, -0.2) is 48.4 Å². The summed E-state index contributed by atoms with van der Waals surface area (Å²) in [6, 6.07) is 12.9. The predicted octanol–water partition coefficient (Wildman–Crippen LogP) is 4.42. The van der Waals surface area contributed by atoms with Crippen LogP contribution in [0.4, 0.5) is 4.39 Å². The molecule has 188 valence electrons. The van der Waals surface area contributed by atoms with Crippen molar-refractivity contribution >= 4 is 16.8 Å². The maximum absolute atomic E-state index is 14.2. The number of H-pyrrole nitrogens is 1. The van der Waals surface area contributed by atoms with Crippen molar-refractivity contribution in [2.24, 2.45) is 0 Å². The Labute approximate surface area is 208 Å². The smallest absolute Gasteiger partial charge is 0.251 e. The van der Waals surface area contributed by atoms with Crippen LogP contribution in [0.15, 0.2) is 54.7 Å². The molecule has 8 nitrogen and oxygen atoms in total. The molecule has 4 aromatic rings. The standard InChI is InChI=1S/C27H28FN3O5/c1-5-36-20-10-9-16(13-22(20)35-4)26(32)30-15-27(2,33)23-12-11-21(34-3)25(31-23)18-14-29-24-17(18)7-6-8-19(24)28/h6-14,29,33H,5,15H2,1-4H3,(H,30,32). The first-order valence-corrected chi connectivity index (χ1v) is 11.4. The second-order valence-electron chi connectivity index (χ2n) is 8.37. The van der Waals surface area contributed by atoms with Crippen molar-refractivity contribution in [3.63, 3.8) is 0 Å². The lowest BCUT2D eigenvalue weighted by Gasteiger charge is -2.24. The van der Waals surface area contributed by atoms with E-state index >= 15 is 0 Å². The first-order valence-electron chi connectivity index (χ1n) is 11.4. The molecule has 2 heterocycles. The molecule has 36 heavy (non-hydrogen) atoms. The molecule has 4 rings (SSSR count).